The summed E-state index contributed by atoms with van der Waals surface area (Å²) in [4.78, 5) is 28.2. The molecular weight excluding hydrogens is 937 g/mol. The van der Waals surface area contributed by atoms with E-state index in [-0.39, 0.29) is 5.75 Å². The second-order valence-electron chi connectivity index (χ2n) is 15.6. The Morgan fingerprint density at radius 1 is 0.444 bits per heavy atom. The molecule has 0 aliphatic rings. The molecule has 72 heavy (non-hydrogen) atoms. The van der Waals surface area contributed by atoms with Gasteiger partial charge in [-0.3, -0.25) is 4.89 Å². The number of esters is 1. The van der Waals surface area contributed by atoms with E-state index < -0.39 is 11.9 Å². The zero-order valence-corrected chi connectivity index (χ0v) is 38.9. The summed E-state index contributed by atoms with van der Waals surface area (Å²) in [6.07, 6.45) is 7.21. The van der Waals surface area contributed by atoms with Crippen LogP contribution in [-0.2, 0) is 74.9 Å². The Hall–Kier alpha value is -7.78. The summed E-state index contributed by atoms with van der Waals surface area (Å²) in [5, 5.41) is 57.0. The van der Waals surface area contributed by atoms with Crippen molar-refractivity contribution in [3.63, 3.8) is 0 Å². The van der Waals surface area contributed by atoms with Crippen LogP contribution in [0.5, 0.6) is 11.5 Å². The van der Waals surface area contributed by atoms with Crippen LogP contribution < -0.4 is 9.47 Å². The summed E-state index contributed by atoms with van der Waals surface area (Å²) in [6.45, 7) is 7.11. The third-order valence-corrected chi connectivity index (χ3v) is 10.8. The topological polar surface area (TPSA) is 193 Å². The number of carbonyl (C=O) groups excluding carboxylic acids is 2. The molecule has 0 saturated heterocycles. The third-order valence-electron chi connectivity index (χ3n) is 10.8. The number of hydrogen-bond acceptors (Lipinski definition) is 18. The molecule has 0 radical (unpaired) electrons. The highest BCUT2D eigenvalue weighted by Gasteiger charge is 2.19. The molecule has 0 saturated carbocycles. The van der Waals surface area contributed by atoms with Gasteiger partial charge in [-0.1, -0.05) is 135 Å². The number of aryl methyl sites for hydroxylation is 2. The van der Waals surface area contributed by atoms with Crippen molar-refractivity contribution in [2.75, 3.05) is 6.61 Å². The maximum absolute atomic E-state index is 12.6. The van der Waals surface area contributed by atoms with Gasteiger partial charge in [0.1, 0.15) is 11.5 Å². The monoisotopic (exact) mass is 980 g/mol. The predicted molar refractivity (Wildman–Crippen MR) is 254 cm³/mol. The van der Waals surface area contributed by atoms with Crippen molar-refractivity contribution in [1.29, 1.82) is 0 Å². The van der Waals surface area contributed by atoms with Gasteiger partial charge in [-0.05, 0) is 176 Å². The first-order chi connectivity index (χ1) is 35.3. The molecular formula is C54H44O18. The van der Waals surface area contributed by atoms with E-state index >= 15 is 0 Å². The van der Waals surface area contributed by atoms with E-state index in [1.54, 1.807) is 12.1 Å². The Labute approximate surface area is 411 Å². The van der Waals surface area contributed by atoms with Crippen LogP contribution in [0.2, 0.25) is 0 Å². The maximum atomic E-state index is 12.6. The van der Waals surface area contributed by atoms with Crippen LogP contribution in [0.15, 0.2) is 121 Å². The van der Waals surface area contributed by atoms with Crippen molar-refractivity contribution in [2.24, 2.45) is 0 Å². The van der Waals surface area contributed by atoms with Crippen LogP contribution in [0.25, 0.3) is 65.7 Å². The number of ether oxygens (including phenoxy) is 2. The Bertz CT molecular complexity index is 3160. The first-order valence-electron chi connectivity index (χ1n) is 22.2. The van der Waals surface area contributed by atoms with Gasteiger partial charge in [-0.25, -0.2) is 14.8 Å². The molecule has 7 rings (SSSR count). The number of rotatable bonds is 24. The molecule has 0 spiro atoms. The number of hydrogen-bond donors (Lipinski definition) is 1. The number of fused-ring (bicyclic) bond motifs is 3. The van der Waals surface area contributed by atoms with E-state index in [0.29, 0.717) is 6.61 Å². The lowest BCUT2D eigenvalue weighted by atomic mass is 9.84. The standard InChI is InChI=1S/C54H44O18/c1-4-5-6-7-10-13-32-58-45-26-21-39(22-27-45)54-47-30-17-38(3)34-49(47)53(48-31-25-44(36-50(48)54)43-20-19-41-33-37(2)16-18-42(41)35-43)40-23-28-46(29-24-40)59-51(55)14-11-8-9-12-15-52(56)60-62-64-66-68-70-72-71-69-67-65-63-61-57/h16-31,33-36,57H,4-7,10,13,32H2,1-3H3. The number of unbranched alkanes of at least 4 members (excludes halogenated alkanes) is 5. The van der Waals surface area contributed by atoms with Crippen molar-refractivity contribution in [3.05, 3.63) is 132 Å². The molecule has 0 fully saturated rings. The van der Waals surface area contributed by atoms with Gasteiger partial charge in [0.2, 0.25) is 0 Å². The number of benzene rings is 7. The molecule has 7 aromatic carbocycles. The average Bonchev–Trinajstić information content (AvgIpc) is 3.39. The number of carbonyl (C=O) groups is 2. The largest absolute Gasteiger partial charge is 0.494 e. The Balaban J connectivity index is 1.06. The molecule has 0 aliphatic carbocycles. The van der Waals surface area contributed by atoms with Gasteiger partial charge in [-0.15, -0.1) is 0 Å². The SMILES string of the molecule is CCCCCCCCOc1ccc(-c2c3ccc(C)cc3c(-c3ccc(OC(=O)C#CC#CC#CC(=O)OOOOOOOOOOOOOO)cc3)c3ccc(-c4ccc5cc(C)ccc5c4)cc23)cc1. The van der Waals surface area contributed by atoms with Gasteiger partial charge >= 0.3 is 11.9 Å². The third kappa shape index (κ3) is 15.1. The van der Waals surface area contributed by atoms with Gasteiger partial charge in [0.05, 0.1) is 6.61 Å². The minimum absolute atomic E-state index is 0.266. The lowest BCUT2D eigenvalue weighted by molar-refractivity contribution is -0.874. The van der Waals surface area contributed by atoms with Crippen LogP contribution in [-0.4, -0.2) is 23.8 Å². The lowest BCUT2D eigenvalue weighted by Gasteiger charge is -2.19. The van der Waals surface area contributed by atoms with Gasteiger partial charge in [-0.2, -0.15) is 0 Å². The van der Waals surface area contributed by atoms with Crippen LogP contribution >= 0.6 is 0 Å². The molecule has 7 aromatic rings. The van der Waals surface area contributed by atoms with E-state index in [2.05, 4.69) is 213 Å². The van der Waals surface area contributed by atoms with E-state index in [9.17, 15) is 9.59 Å². The minimum Gasteiger partial charge on any atom is -0.494 e. The van der Waals surface area contributed by atoms with Gasteiger partial charge < -0.3 is 9.47 Å². The fraction of sp³-hybridized carbons (Fsp3) is 0.185. The van der Waals surface area contributed by atoms with E-state index in [4.69, 9.17) is 14.7 Å². The fourth-order valence-electron chi connectivity index (χ4n) is 7.71. The summed E-state index contributed by atoms with van der Waals surface area (Å²) in [5.41, 5.74) is 8.68. The quantitative estimate of drug-likeness (QED) is 0.00877. The van der Waals surface area contributed by atoms with E-state index in [1.807, 2.05) is 18.1 Å². The highest BCUT2D eigenvalue weighted by Crippen LogP contribution is 2.46. The molecule has 0 aliphatic heterocycles. The van der Waals surface area contributed by atoms with Crippen molar-refractivity contribution < 1.29 is 89.7 Å². The first kappa shape index (κ1) is 52.1. The average molecular weight is 981 g/mol. The zero-order valence-electron chi connectivity index (χ0n) is 38.9. The van der Waals surface area contributed by atoms with Crippen LogP contribution in [0, 0.1) is 49.4 Å². The highest BCUT2D eigenvalue weighted by molar-refractivity contribution is 6.22. The molecule has 368 valence electrons. The van der Waals surface area contributed by atoms with E-state index in [0.717, 1.165) is 72.7 Å². The summed E-state index contributed by atoms with van der Waals surface area (Å²) < 4.78 is 11.7. The molecule has 0 unspecified atom stereocenters. The minimum atomic E-state index is -1.29. The summed E-state index contributed by atoms with van der Waals surface area (Å²) in [7, 11) is 0. The second-order valence-corrected chi connectivity index (χ2v) is 15.6. The summed E-state index contributed by atoms with van der Waals surface area (Å²) >= 11 is 0. The molecule has 0 aromatic heterocycles. The van der Waals surface area contributed by atoms with Crippen molar-refractivity contribution in [1.82, 2.24) is 0 Å². The maximum Gasteiger partial charge on any atom is 0.421 e. The van der Waals surface area contributed by atoms with E-state index in [1.165, 1.54) is 48.4 Å². The zero-order chi connectivity index (χ0) is 50.3. The Morgan fingerprint density at radius 3 is 1.60 bits per heavy atom. The van der Waals surface area contributed by atoms with Crippen LogP contribution in [0.1, 0.15) is 56.6 Å². The predicted octanol–water partition coefficient (Wildman–Crippen LogP) is 11.6. The Morgan fingerprint density at radius 2 is 0.931 bits per heavy atom. The summed E-state index contributed by atoms with van der Waals surface area (Å²) in [5.74, 6) is 12.1. The summed E-state index contributed by atoms with van der Waals surface area (Å²) in [6, 6.07) is 42.0. The normalized spacial score (nSPS) is 10.8. The van der Waals surface area contributed by atoms with Gasteiger partial charge in [0.15, 0.2) is 0 Å². The first-order valence-corrected chi connectivity index (χ1v) is 22.2. The molecule has 18 heteroatoms. The van der Waals surface area contributed by atoms with Crippen molar-refractivity contribution in [2.45, 2.75) is 59.3 Å². The Kier molecular flexibility index (Phi) is 19.9. The molecule has 0 amide bonds. The lowest BCUT2D eigenvalue weighted by Crippen LogP contribution is -2.06. The molecule has 0 heterocycles. The smallest absolute Gasteiger partial charge is 0.421 e. The van der Waals surface area contributed by atoms with Crippen molar-refractivity contribution in [3.8, 4) is 80.4 Å². The van der Waals surface area contributed by atoms with Crippen LogP contribution in [0.3, 0.4) is 0 Å². The molecule has 0 atom stereocenters. The highest BCUT2D eigenvalue weighted by atomic mass is 18.0. The van der Waals surface area contributed by atoms with Gasteiger partial charge in [0, 0.05) is 42.1 Å². The van der Waals surface area contributed by atoms with Crippen LogP contribution in [0.4, 0.5) is 0 Å². The van der Waals surface area contributed by atoms with Gasteiger partial charge in [0.25, 0.3) is 0 Å². The second kappa shape index (κ2) is 27.6. The fourth-order valence-corrected chi connectivity index (χ4v) is 7.71. The molecule has 0 bridgehead atoms. The molecule has 1 N–H and O–H groups in total. The molecule has 18 nitrogen and oxygen atoms in total. The van der Waals surface area contributed by atoms with Crippen molar-refractivity contribution >= 4 is 44.3 Å².